The standard InChI is InChI=1S/C22H19N3O2/c1-15-6-12-18(13-7-15)27-14-21(26)23-17-10-8-16(9-11-17)22-24-19-4-2-3-5-20(19)25-22/h2-13H,14H2,1H3,(H,23,26)(H,24,25). The van der Waals surface area contributed by atoms with Crippen LogP contribution in [0.4, 0.5) is 5.69 Å². The topological polar surface area (TPSA) is 67.0 Å². The van der Waals surface area contributed by atoms with Crippen molar-refractivity contribution < 1.29 is 9.53 Å². The highest BCUT2D eigenvalue weighted by molar-refractivity contribution is 5.92. The van der Waals surface area contributed by atoms with Gasteiger partial charge in [-0.1, -0.05) is 29.8 Å². The van der Waals surface area contributed by atoms with Gasteiger partial charge in [-0.15, -0.1) is 0 Å². The summed E-state index contributed by atoms with van der Waals surface area (Å²) in [4.78, 5) is 19.9. The van der Waals surface area contributed by atoms with Gasteiger partial charge in [0, 0.05) is 11.3 Å². The molecule has 0 radical (unpaired) electrons. The molecular weight excluding hydrogens is 338 g/mol. The third-order valence-electron chi connectivity index (χ3n) is 4.22. The predicted octanol–water partition coefficient (Wildman–Crippen LogP) is 4.56. The summed E-state index contributed by atoms with van der Waals surface area (Å²) in [5, 5.41) is 2.83. The van der Waals surface area contributed by atoms with Crippen LogP contribution >= 0.6 is 0 Å². The molecule has 0 aliphatic rings. The van der Waals surface area contributed by atoms with E-state index in [9.17, 15) is 4.79 Å². The maximum atomic E-state index is 12.1. The molecule has 2 N–H and O–H groups in total. The zero-order valence-electron chi connectivity index (χ0n) is 14.9. The highest BCUT2D eigenvalue weighted by Crippen LogP contribution is 2.22. The monoisotopic (exact) mass is 357 g/mol. The largest absolute Gasteiger partial charge is 0.484 e. The zero-order valence-corrected chi connectivity index (χ0v) is 14.9. The molecule has 0 aliphatic carbocycles. The number of aromatic nitrogens is 2. The van der Waals surface area contributed by atoms with E-state index in [-0.39, 0.29) is 12.5 Å². The predicted molar refractivity (Wildman–Crippen MR) is 107 cm³/mol. The van der Waals surface area contributed by atoms with Crippen LogP contribution in [0.25, 0.3) is 22.4 Å². The van der Waals surface area contributed by atoms with E-state index in [4.69, 9.17) is 4.74 Å². The van der Waals surface area contributed by atoms with E-state index in [0.717, 1.165) is 28.0 Å². The van der Waals surface area contributed by atoms with Gasteiger partial charge in [0.1, 0.15) is 11.6 Å². The molecule has 0 saturated carbocycles. The summed E-state index contributed by atoms with van der Waals surface area (Å²) in [7, 11) is 0. The van der Waals surface area contributed by atoms with Crippen LogP contribution in [-0.4, -0.2) is 22.5 Å². The number of H-pyrrole nitrogens is 1. The van der Waals surface area contributed by atoms with Gasteiger partial charge in [-0.2, -0.15) is 0 Å². The van der Waals surface area contributed by atoms with E-state index in [1.807, 2.05) is 79.7 Å². The van der Waals surface area contributed by atoms with Crippen LogP contribution in [0.3, 0.4) is 0 Å². The molecule has 4 rings (SSSR count). The van der Waals surface area contributed by atoms with E-state index >= 15 is 0 Å². The SMILES string of the molecule is Cc1ccc(OCC(=O)Nc2ccc(-c3nc4ccccc4[nH]3)cc2)cc1. The molecule has 5 nitrogen and oxygen atoms in total. The van der Waals surface area contributed by atoms with Gasteiger partial charge in [0.15, 0.2) is 6.61 Å². The van der Waals surface area contributed by atoms with E-state index in [1.54, 1.807) is 0 Å². The number of ether oxygens (including phenoxy) is 1. The molecule has 1 aromatic heterocycles. The number of aromatic amines is 1. The van der Waals surface area contributed by atoms with Crippen LogP contribution < -0.4 is 10.1 Å². The van der Waals surface area contributed by atoms with Crippen molar-refractivity contribution in [1.29, 1.82) is 0 Å². The van der Waals surface area contributed by atoms with Gasteiger partial charge in [-0.3, -0.25) is 4.79 Å². The van der Waals surface area contributed by atoms with Crippen LogP contribution in [0, 0.1) is 6.92 Å². The van der Waals surface area contributed by atoms with Gasteiger partial charge < -0.3 is 15.0 Å². The highest BCUT2D eigenvalue weighted by atomic mass is 16.5. The third kappa shape index (κ3) is 3.98. The number of carbonyl (C=O) groups is 1. The summed E-state index contributed by atoms with van der Waals surface area (Å²) >= 11 is 0. The molecular formula is C22H19N3O2. The Morgan fingerprint density at radius 1 is 1.00 bits per heavy atom. The van der Waals surface area contributed by atoms with Gasteiger partial charge >= 0.3 is 0 Å². The average Bonchev–Trinajstić information content (AvgIpc) is 3.12. The first-order valence-corrected chi connectivity index (χ1v) is 8.72. The molecule has 0 spiro atoms. The number of aryl methyl sites for hydroxylation is 1. The summed E-state index contributed by atoms with van der Waals surface area (Å²) in [5.74, 6) is 1.28. The Bertz CT molecular complexity index is 1030. The van der Waals surface area contributed by atoms with E-state index in [0.29, 0.717) is 11.4 Å². The lowest BCUT2D eigenvalue weighted by atomic mass is 10.2. The fourth-order valence-electron chi connectivity index (χ4n) is 2.78. The summed E-state index contributed by atoms with van der Waals surface area (Å²) in [5.41, 5.74) is 4.75. The number of nitrogens with one attached hydrogen (secondary N) is 2. The lowest BCUT2D eigenvalue weighted by Gasteiger charge is -2.08. The minimum absolute atomic E-state index is 0.0333. The molecule has 0 bridgehead atoms. The Balaban J connectivity index is 1.38. The summed E-state index contributed by atoms with van der Waals surface area (Å²) in [6.45, 7) is 1.97. The first-order chi connectivity index (χ1) is 13.2. The summed E-state index contributed by atoms with van der Waals surface area (Å²) < 4.78 is 5.49. The number of rotatable bonds is 5. The Morgan fingerprint density at radius 2 is 1.74 bits per heavy atom. The number of imidazole rings is 1. The van der Waals surface area contributed by atoms with Crippen molar-refractivity contribution in [3.05, 3.63) is 78.4 Å². The minimum atomic E-state index is -0.202. The molecule has 0 fully saturated rings. The van der Waals surface area contributed by atoms with Crippen molar-refractivity contribution in [1.82, 2.24) is 9.97 Å². The lowest BCUT2D eigenvalue weighted by molar-refractivity contribution is -0.118. The van der Waals surface area contributed by atoms with Crippen LogP contribution in [0.2, 0.25) is 0 Å². The van der Waals surface area contributed by atoms with Crippen molar-refractivity contribution in [2.24, 2.45) is 0 Å². The Morgan fingerprint density at radius 3 is 2.48 bits per heavy atom. The molecule has 1 heterocycles. The fourth-order valence-corrected chi connectivity index (χ4v) is 2.78. The van der Waals surface area contributed by atoms with Crippen molar-refractivity contribution in [2.75, 3.05) is 11.9 Å². The maximum absolute atomic E-state index is 12.1. The zero-order chi connectivity index (χ0) is 18.6. The van der Waals surface area contributed by atoms with Crippen molar-refractivity contribution >= 4 is 22.6 Å². The number of benzene rings is 3. The van der Waals surface area contributed by atoms with Gasteiger partial charge in [0.25, 0.3) is 5.91 Å². The molecule has 5 heteroatoms. The number of nitrogens with zero attached hydrogens (tertiary/aromatic N) is 1. The molecule has 0 unspecified atom stereocenters. The number of hydrogen-bond donors (Lipinski definition) is 2. The fraction of sp³-hybridized carbons (Fsp3) is 0.0909. The van der Waals surface area contributed by atoms with Gasteiger partial charge in [0.05, 0.1) is 11.0 Å². The highest BCUT2D eigenvalue weighted by Gasteiger charge is 2.07. The smallest absolute Gasteiger partial charge is 0.262 e. The Hall–Kier alpha value is -3.60. The molecule has 0 atom stereocenters. The van der Waals surface area contributed by atoms with Crippen molar-refractivity contribution in [3.8, 4) is 17.1 Å². The average molecular weight is 357 g/mol. The maximum Gasteiger partial charge on any atom is 0.262 e. The first kappa shape index (κ1) is 16.8. The summed E-state index contributed by atoms with van der Waals surface area (Å²) in [6, 6.07) is 23.1. The van der Waals surface area contributed by atoms with Gasteiger partial charge in [-0.05, 0) is 55.5 Å². The summed E-state index contributed by atoms with van der Waals surface area (Å²) in [6.07, 6.45) is 0. The number of fused-ring (bicyclic) bond motifs is 1. The number of amides is 1. The molecule has 27 heavy (non-hydrogen) atoms. The van der Waals surface area contributed by atoms with Crippen molar-refractivity contribution in [3.63, 3.8) is 0 Å². The van der Waals surface area contributed by atoms with Crippen molar-refractivity contribution in [2.45, 2.75) is 6.92 Å². The molecule has 134 valence electrons. The number of anilines is 1. The third-order valence-corrected chi connectivity index (χ3v) is 4.22. The van der Waals surface area contributed by atoms with Crippen LogP contribution in [0.5, 0.6) is 5.75 Å². The van der Waals surface area contributed by atoms with E-state index < -0.39 is 0 Å². The second kappa shape index (κ2) is 7.33. The van der Waals surface area contributed by atoms with E-state index in [2.05, 4.69) is 15.3 Å². The normalized spacial score (nSPS) is 10.7. The Labute approximate surface area is 157 Å². The molecule has 3 aromatic carbocycles. The quantitative estimate of drug-likeness (QED) is 0.550. The van der Waals surface area contributed by atoms with Crippen LogP contribution in [0.15, 0.2) is 72.8 Å². The minimum Gasteiger partial charge on any atom is -0.484 e. The van der Waals surface area contributed by atoms with E-state index in [1.165, 1.54) is 0 Å². The number of para-hydroxylation sites is 2. The van der Waals surface area contributed by atoms with Gasteiger partial charge in [0.2, 0.25) is 0 Å². The lowest BCUT2D eigenvalue weighted by Crippen LogP contribution is -2.20. The molecule has 0 saturated heterocycles. The van der Waals surface area contributed by atoms with Crippen LogP contribution in [-0.2, 0) is 4.79 Å². The first-order valence-electron chi connectivity index (χ1n) is 8.72. The second-order valence-corrected chi connectivity index (χ2v) is 6.33. The Kier molecular flexibility index (Phi) is 4.58. The molecule has 1 amide bonds. The molecule has 4 aromatic rings. The number of hydrogen-bond acceptors (Lipinski definition) is 3. The van der Waals surface area contributed by atoms with Gasteiger partial charge in [-0.25, -0.2) is 4.98 Å². The number of carbonyl (C=O) groups excluding carboxylic acids is 1. The molecule has 0 aliphatic heterocycles. The second-order valence-electron chi connectivity index (χ2n) is 6.33. The van der Waals surface area contributed by atoms with Crippen LogP contribution in [0.1, 0.15) is 5.56 Å².